The number of hydrogen-bond donors (Lipinski definition) is 0. The summed E-state index contributed by atoms with van der Waals surface area (Å²) < 4.78 is 1.99. The van der Waals surface area contributed by atoms with Crippen LogP contribution in [0.5, 0.6) is 0 Å². The largest absolute Gasteiger partial charge is 0.240 e. The third-order valence-corrected chi connectivity index (χ3v) is 11.0. The van der Waals surface area contributed by atoms with Crippen molar-refractivity contribution in [2.45, 2.75) is 19.6 Å². The lowest BCUT2D eigenvalue weighted by Crippen LogP contribution is -2.05. The molecular formula is C35H26N2S. The average molecular weight is 507 g/mol. The van der Waals surface area contributed by atoms with Crippen LogP contribution in [0.2, 0.25) is 0 Å². The van der Waals surface area contributed by atoms with E-state index >= 15 is 0 Å². The van der Waals surface area contributed by atoms with Gasteiger partial charge in [-0.3, -0.25) is 0 Å². The molecule has 2 aromatic heterocycles. The normalized spacial score (nSPS) is 12.1. The highest BCUT2D eigenvalue weighted by Gasteiger charge is 2.33. The summed E-state index contributed by atoms with van der Waals surface area (Å²) in [4.78, 5) is 5.28. The fourth-order valence-corrected chi connectivity index (χ4v) is 9.21. The highest BCUT2D eigenvalue weighted by atomic mass is 32.3. The van der Waals surface area contributed by atoms with E-state index in [-0.39, 0.29) is 0 Å². The van der Waals surface area contributed by atoms with Gasteiger partial charge < -0.3 is 0 Å². The Morgan fingerprint density at radius 3 is 1.47 bits per heavy atom. The second-order valence-electron chi connectivity index (χ2n) is 9.38. The summed E-state index contributed by atoms with van der Waals surface area (Å²) in [6.45, 7) is 0. The number of fused-ring (bicyclic) bond motifs is 2. The van der Waals surface area contributed by atoms with Gasteiger partial charge in [0.05, 0.1) is 11.2 Å². The van der Waals surface area contributed by atoms with Crippen LogP contribution in [-0.4, -0.2) is 9.61 Å². The Morgan fingerprint density at radius 2 is 0.921 bits per heavy atom. The molecule has 7 rings (SSSR count). The number of pyridine rings is 1. The molecule has 0 atom stereocenters. The maximum Gasteiger partial charge on any atom is 0.0933 e. The second kappa shape index (κ2) is 9.37. The highest BCUT2D eigenvalue weighted by molar-refractivity contribution is 8.34. The molecule has 2 nitrogen and oxygen atoms in total. The van der Waals surface area contributed by atoms with E-state index in [1.54, 1.807) is 0 Å². The van der Waals surface area contributed by atoms with Gasteiger partial charge in [-0.1, -0.05) is 91.0 Å². The molecule has 0 bridgehead atoms. The summed E-state index contributed by atoms with van der Waals surface area (Å²) in [7, 11) is -1.69. The first-order valence-corrected chi connectivity index (χ1v) is 14.4. The van der Waals surface area contributed by atoms with Crippen LogP contribution in [-0.2, 0) is 0 Å². The Balaban J connectivity index is 1.40. The molecule has 7 aromatic rings. The van der Waals surface area contributed by atoms with Crippen LogP contribution in [0.15, 0.2) is 177 Å². The van der Waals surface area contributed by atoms with E-state index in [1.165, 1.54) is 30.4 Å². The van der Waals surface area contributed by atoms with Crippen molar-refractivity contribution < 1.29 is 0 Å². The minimum absolute atomic E-state index is 0.978. The van der Waals surface area contributed by atoms with E-state index < -0.39 is 10.0 Å². The molecule has 0 saturated carbocycles. The lowest BCUT2D eigenvalue weighted by atomic mass is 10.1. The number of hydrogen-bond acceptors (Lipinski definition) is 1. The van der Waals surface area contributed by atoms with Gasteiger partial charge >= 0.3 is 0 Å². The molecule has 2 heterocycles. The Kier molecular flexibility index (Phi) is 5.57. The van der Waals surface area contributed by atoms with Crippen molar-refractivity contribution in [3.05, 3.63) is 158 Å². The quantitative estimate of drug-likeness (QED) is 0.227. The SMILES string of the molecule is c1ccc(S(c2ccccc2)(c2ccccc2)c2ccc(-c3cc4cc5ccccc5cn4n3)cc2)cc1. The molecule has 0 amide bonds. The molecule has 0 spiro atoms. The van der Waals surface area contributed by atoms with Gasteiger partial charge in [0.15, 0.2) is 0 Å². The summed E-state index contributed by atoms with van der Waals surface area (Å²) in [5.41, 5.74) is 3.19. The van der Waals surface area contributed by atoms with E-state index in [4.69, 9.17) is 5.10 Å². The van der Waals surface area contributed by atoms with E-state index in [0.29, 0.717) is 0 Å². The molecule has 3 heteroatoms. The van der Waals surface area contributed by atoms with Crippen molar-refractivity contribution in [2.24, 2.45) is 0 Å². The summed E-state index contributed by atoms with van der Waals surface area (Å²) in [5.74, 6) is 0. The van der Waals surface area contributed by atoms with Crippen LogP contribution in [0.25, 0.3) is 27.5 Å². The van der Waals surface area contributed by atoms with Crippen LogP contribution in [0, 0.1) is 0 Å². The molecule has 0 aliphatic heterocycles. The van der Waals surface area contributed by atoms with E-state index in [9.17, 15) is 0 Å². The molecule has 182 valence electrons. The maximum absolute atomic E-state index is 4.92. The van der Waals surface area contributed by atoms with E-state index in [2.05, 4.69) is 158 Å². The van der Waals surface area contributed by atoms with Crippen LogP contribution in [0.4, 0.5) is 0 Å². The lowest BCUT2D eigenvalue weighted by Gasteiger charge is -2.42. The maximum atomic E-state index is 4.92. The monoisotopic (exact) mass is 506 g/mol. The first kappa shape index (κ1) is 22.6. The van der Waals surface area contributed by atoms with Crippen LogP contribution in [0.1, 0.15) is 0 Å². The fraction of sp³-hybridized carbons (Fsp3) is 0. The van der Waals surface area contributed by atoms with Crippen molar-refractivity contribution >= 4 is 26.3 Å². The molecule has 5 aromatic carbocycles. The number of aromatic nitrogens is 2. The molecule has 0 aliphatic rings. The topological polar surface area (TPSA) is 17.3 Å². The molecule has 38 heavy (non-hydrogen) atoms. The molecular weight excluding hydrogens is 480 g/mol. The lowest BCUT2D eigenvalue weighted by molar-refractivity contribution is 0.974. The first-order chi connectivity index (χ1) is 18.8. The Labute approximate surface area is 224 Å². The Hall–Kier alpha value is -4.60. The number of benzene rings is 5. The summed E-state index contributed by atoms with van der Waals surface area (Å²) >= 11 is 0. The van der Waals surface area contributed by atoms with Gasteiger partial charge in [0.25, 0.3) is 0 Å². The van der Waals surface area contributed by atoms with Crippen molar-refractivity contribution in [1.82, 2.24) is 9.61 Å². The van der Waals surface area contributed by atoms with Crippen LogP contribution < -0.4 is 0 Å². The first-order valence-electron chi connectivity index (χ1n) is 12.8. The number of nitrogens with zero attached hydrogens (tertiary/aromatic N) is 2. The van der Waals surface area contributed by atoms with Gasteiger partial charge in [-0.25, -0.2) is 4.52 Å². The molecule has 0 saturated heterocycles. The summed E-state index contributed by atoms with van der Waals surface area (Å²) in [5, 5.41) is 7.34. The van der Waals surface area contributed by atoms with Gasteiger partial charge in [0, 0.05) is 36.7 Å². The smallest absolute Gasteiger partial charge is 0.0933 e. The van der Waals surface area contributed by atoms with Crippen molar-refractivity contribution in [1.29, 1.82) is 0 Å². The molecule has 0 unspecified atom stereocenters. The standard InChI is InChI=1S/C35H26N2S/c1-4-14-31(15-5-1)38(32-16-6-2-7-17-32,33-18-8-3-9-19-33)34-22-20-27(21-23-34)35-25-30-24-28-12-10-11-13-29(28)26-37(30)36-35/h1-26H. The fourth-order valence-electron chi connectivity index (χ4n) is 5.33. The van der Waals surface area contributed by atoms with Crippen molar-refractivity contribution in [3.63, 3.8) is 0 Å². The Morgan fingerprint density at radius 1 is 0.447 bits per heavy atom. The minimum Gasteiger partial charge on any atom is -0.240 e. The Bertz CT molecular complexity index is 1690. The van der Waals surface area contributed by atoms with Gasteiger partial charge in [-0.2, -0.15) is 5.10 Å². The van der Waals surface area contributed by atoms with Crippen molar-refractivity contribution in [2.75, 3.05) is 0 Å². The molecule has 0 aliphatic carbocycles. The summed E-state index contributed by atoms with van der Waals surface area (Å²) in [6, 6.07) is 54.7. The van der Waals surface area contributed by atoms with E-state index in [0.717, 1.165) is 16.8 Å². The van der Waals surface area contributed by atoms with Gasteiger partial charge in [0.1, 0.15) is 0 Å². The zero-order valence-electron chi connectivity index (χ0n) is 20.8. The van der Waals surface area contributed by atoms with Gasteiger partial charge in [-0.15, -0.1) is 10.0 Å². The second-order valence-corrected chi connectivity index (χ2v) is 12.5. The molecule has 0 fully saturated rings. The molecule has 0 radical (unpaired) electrons. The highest BCUT2D eigenvalue weighted by Crippen LogP contribution is 2.73. The zero-order chi connectivity index (χ0) is 25.4. The average Bonchev–Trinajstić information content (AvgIpc) is 3.41. The number of rotatable bonds is 5. The molecule has 0 N–H and O–H groups in total. The predicted octanol–water partition coefficient (Wildman–Crippen LogP) is 9.50. The van der Waals surface area contributed by atoms with Gasteiger partial charge in [-0.05, 0) is 66.0 Å². The zero-order valence-corrected chi connectivity index (χ0v) is 21.6. The van der Waals surface area contributed by atoms with E-state index in [1.807, 2.05) is 4.52 Å². The van der Waals surface area contributed by atoms with Crippen LogP contribution in [0.3, 0.4) is 0 Å². The van der Waals surface area contributed by atoms with Crippen LogP contribution >= 0.6 is 10.0 Å². The van der Waals surface area contributed by atoms with Crippen molar-refractivity contribution in [3.8, 4) is 11.3 Å². The third-order valence-electron chi connectivity index (χ3n) is 7.12. The third kappa shape index (κ3) is 3.71. The minimum atomic E-state index is -1.69. The summed E-state index contributed by atoms with van der Waals surface area (Å²) in [6.07, 6.45) is 2.11. The predicted molar refractivity (Wildman–Crippen MR) is 158 cm³/mol. The van der Waals surface area contributed by atoms with Gasteiger partial charge in [0.2, 0.25) is 0 Å².